The van der Waals surface area contributed by atoms with Crippen molar-refractivity contribution < 1.29 is 4.74 Å². The predicted molar refractivity (Wildman–Crippen MR) is 63.3 cm³/mol. The van der Waals surface area contributed by atoms with Crippen LogP contribution in [0.4, 0.5) is 0 Å². The molecule has 1 aromatic heterocycles. The van der Waals surface area contributed by atoms with Crippen molar-refractivity contribution in [1.82, 2.24) is 9.78 Å². The van der Waals surface area contributed by atoms with Gasteiger partial charge in [-0.05, 0) is 19.9 Å². The molecule has 0 aliphatic heterocycles. The number of methoxy groups -OCH3 is 1. The summed E-state index contributed by atoms with van der Waals surface area (Å²) in [5.41, 5.74) is 7.96. The van der Waals surface area contributed by atoms with Crippen LogP contribution in [0.1, 0.15) is 11.3 Å². The van der Waals surface area contributed by atoms with Gasteiger partial charge in [0.25, 0.3) is 0 Å². The molecule has 0 fully saturated rings. The van der Waals surface area contributed by atoms with E-state index < -0.39 is 0 Å². The first-order chi connectivity index (χ1) is 7.20. The highest BCUT2D eigenvalue weighted by Gasteiger charge is 2.12. The first kappa shape index (κ1) is 12.5. The van der Waals surface area contributed by atoms with Crippen molar-refractivity contribution in [1.29, 1.82) is 0 Å². The van der Waals surface area contributed by atoms with Crippen molar-refractivity contribution in [2.45, 2.75) is 18.4 Å². The van der Waals surface area contributed by atoms with E-state index in [0.29, 0.717) is 6.54 Å². The predicted octanol–water partition coefficient (Wildman–Crippen LogP) is 0.968. The first-order valence-electron chi connectivity index (χ1n) is 5.05. The average Bonchev–Trinajstić information content (AvgIpc) is 2.45. The Kier molecular flexibility index (Phi) is 5.14. The number of hydrogen-bond acceptors (Lipinski definition) is 4. The summed E-state index contributed by atoms with van der Waals surface area (Å²) in [4.78, 5) is 0. The summed E-state index contributed by atoms with van der Waals surface area (Å²) in [5.74, 6) is 0.951. The van der Waals surface area contributed by atoms with Crippen LogP contribution in [0.25, 0.3) is 0 Å². The Balaban J connectivity index is 2.74. The summed E-state index contributed by atoms with van der Waals surface area (Å²) in [6.07, 6.45) is 0.898. The van der Waals surface area contributed by atoms with Gasteiger partial charge in [-0.15, -0.1) is 11.8 Å². The van der Waals surface area contributed by atoms with E-state index in [1.54, 1.807) is 18.9 Å². The highest BCUT2D eigenvalue weighted by atomic mass is 32.2. The lowest BCUT2D eigenvalue weighted by atomic mass is 10.2. The van der Waals surface area contributed by atoms with E-state index in [0.717, 1.165) is 24.5 Å². The quantitative estimate of drug-likeness (QED) is 0.583. The third-order valence-electron chi connectivity index (χ3n) is 2.21. The van der Waals surface area contributed by atoms with Crippen LogP contribution in [0.3, 0.4) is 0 Å². The van der Waals surface area contributed by atoms with E-state index in [1.165, 1.54) is 10.6 Å². The highest BCUT2D eigenvalue weighted by Crippen LogP contribution is 2.24. The van der Waals surface area contributed by atoms with Crippen molar-refractivity contribution in [3.8, 4) is 0 Å². The number of aryl methyl sites for hydroxylation is 2. The molecule has 0 aromatic carbocycles. The number of nitrogens with zero attached hydrogens (tertiary/aromatic N) is 2. The lowest BCUT2D eigenvalue weighted by Crippen LogP contribution is -2.05. The van der Waals surface area contributed by atoms with Crippen molar-refractivity contribution in [3.63, 3.8) is 0 Å². The van der Waals surface area contributed by atoms with Crippen LogP contribution in [-0.2, 0) is 18.2 Å². The van der Waals surface area contributed by atoms with Crippen LogP contribution >= 0.6 is 11.8 Å². The molecule has 0 radical (unpaired) electrons. The second-order valence-electron chi connectivity index (χ2n) is 3.37. The molecule has 4 nitrogen and oxygen atoms in total. The standard InChI is InChI=1S/C10H19N3OS/c1-8-9(4-5-11)10(13(2)12-8)15-7-6-14-3/h4-7,11H2,1-3H3. The van der Waals surface area contributed by atoms with Crippen LogP contribution in [0.5, 0.6) is 0 Å². The number of rotatable bonds is 6. The van der Waals surface area contributed by atoms with Gasteiger partial charge in [-0.1, -0.05) is 0 Å². The van der Waals surface area contributed by atoms with Crippen LogP contribution in [0.2, 0.25) is 0 Å². The van der Waals surface area contributed by atoms with Crippen LogP contribution in [-0.4, -0.2) is 35.8 Å². The normalized spacial score (nSPS) is 10.9. The van der Waals surface area contributed by atoms with Gasteiger partial charge in [0.05, 0.1) is 17.3 Å². The minimum absolute atomic E-state index is 0.671. The molecule has 0 spiro atoms. The number of nitrogens with two attached hydrogens (primary N) is 1. The molecule has 86 valence electrons. The lowest BCUT2D eigenvalue weighted by molar-refractivity contribution is 0.218. The van der Waals surface area contributed by atoms with E-state index in [1.807, 2.05) is 18.7 Å². The topological polar surface area (TPSA) is 53.1 Å². The molecule has 5 heteroatoms. The molecule has 0 aliphatic carbocycles. The molecule has 2 N–H and O–H groups in total. The molecular weight excluding hydrogens is 210 g/mol. The van der Waals surface area contributed by atoms with E-state index >= 15 is 0 Å². The first-order valence-corrected chi connectivity index (χ1v) is 6.03. The second-order valence-corrected chi connectivity index (χ2v) is 4.46. The summed E-state index contributed by atoms with van der Waals surface area (Å²) in [5, 5.41) is 5.63. The fourth-order valence-electron chi connectivity index (χ4n) is 1.52. The van der Waals surface area contributed by atoms with Gasteiger partial charge in [-0.3, -0.25) is 4.68 Å². The highest BCUT2D eigenvalue weighted by molar-refractivity contribution is 7.99. The zero-order valence-corrected chi connectivity index (χ0v) is 10.4. The number of aromatic nitrogens is 2. The molecule has 0 atom stereocenters. The Morgan fingerprint density at radius 3 is 2.87 bits per heavy atom. The largest absolute Gasteiger partial charge is 0.384 e. The molecule has 0 amide bonds. The van der Waals surface area contributed by atoms with E-state index in [4.69, 9.17) is 10.5 Å². The second kappa shape index (κ2) is 6.15. The lowest BCUT2D eigenvalue weighted by Gasteiger charge is -2.04. The molecule has 0 aliphatic rings. The van der Waals surface area contributed by atoms with Gasteiger partial charge in [0.2, 0.25) is 0 Å². The SMILES string of the molecule is COCCSc1c(CCN)c(C)nn1C. The van der Waals surface area contributed by atoms with Gasteiger partial charge in [0.15, 0.2) is 0 Å². The van der Waals surface area contributed by atoms with Crippen LogP contribution in [0.15, 0.2) is 5.03 Å². The molecular formula is C10H19N3OS. The smallest absolute Gasteiger partial charge is 0.0972 e. The molecule has 0 saturated heterocycles. The fraction of sp³-hybridized carbons (Fsp3) is 0.700. The Morgan fingerprint density at radius 2 is 2.27 bits per heavy atom. The minimum Gasteiger partial charge on any atom is -0.384 e. The van der Waals surface area contributed by atoms with E-state index in [2.05, 4.69) is 5.10 Å². The van der Waals surface area contributed by atoms with Gasteiger partial charge in [0, 0.05) is 25.5 Å². The molecule has 1 aromatic rings. The minimum atomic E-state index is 0.671. The molecule has 1 heterocycles. The maximum atomic E-state index is 5.59. The number of hydrogen-bond donors (Lipinski definition) is 1. The summed E-state index contributed by atoms with van der Waals surface area (Å²) >= 11 is 1.78. The van der Waals surface area contributed by atoms with E-state index in [9.17, 15) is 0 Å². The molecule has 1 rings (SSSR count). The Hall–Kier alpha value is -0.520. The summed E-state index contributed by atoms with van der Waals surface area (Å²) in [6.45, 7) is 3.46. The average molecular weight is 229 g/mol. The molecule has 15 heavy (non-hydrogen) atoms. The third kappa shape index (κ3) is 3.22. The molecule has 0 saturated carbocycles. The van der Waals surface area contributed by atoms with Crippen molar-refractivity contribution in [2.24, 2.45) is 12.8 Å². The zero-order valence-electron chi connectivity index (χ0n) is 9.62. The zero-order chi connectivity index (χ0) is 11.3. The maximum Gasteiger partial charge on any atom is 0.0972 e. The van der Waals surface area contributed by atoms with Gasteiger partial charge in [-0.25, -0.2) is 0 Å². The number of ether oxygens (including phenoxy) is 1. The van der Waals surface area contributed by atoms with Crippen molar-refractivity contribution in [2.75, 3.05) is 26.0 Å². The van der Waals surface area contributed by atoms with E-state index in [-0.39, 0.29) is 0 Å². The van der Waals surface area contributed by atoms with Gasteiger partial charge >= 0.3 is 0 Å². The molecule has 0 bridgehead atoms. The summed E-state index contributed by atoms with van der Waals surface area (Å²) in [7, 11) is 3.69. The Morgan fingerprint density at radius 1 is 1.53 bits per heavy atom. The Bertz CT molecular complexity index is 312. The maximum absolute atomic E-state index is 5.59. The van der Waals surface area contributed by atoms with Crippen molar-refractivity contribution >= 4 is 11.8 Å². The van der Waals surface area contributed by atoms with Gasteiger partial charge in [0.1, 0.15) is 0 Å². The van der Waals surface area contributed by atoms with Crippen molar-refractivity contribution in [3.05, 3.63) is 11.3 Å². The molecule has 0 unspecified atom stereocenters. The van der Waals surface area contributed by atoms with Gasteiger partial charge < -0.3 is 10.5 Å². The van der Waals surface area contributed by atoms with Crippen LogP contribution in [0, 0.1) is 6.92 Å². The van der Waals surface area contributed by atoms with Crippen LogP contribution < -0.4 is 5.73 Å². The summed E-state index contributed by atoms with van der Waals surface area (Å²) in [6, 6.07) is 0. The third-order valence-corrected chi connectivity index (χ3v) is 3.36. The monoisotopic (exact) mass is 229 g/mol. The van der Waals surface area contributed by atoms with Gasteiger partial charge in [-0.2, -0.15) is 5.10 Å². The number of thioether (sulfide) groups is 1. The fourth-order valence-corrected chi connectivity index (χ4v) is 2.61. The Labute approximate surface area is 95.2 Å². The summed E-state index contributed by atoms with van der Waals surface area (Å²) < 4.78 is 6.97.